The summed E-state index contributed by atoms with van der Waals surface area (Å²) in [4.78, 5) is 0. The van der Waals surface area contributed by atoms with Crippen LogP contribution in [0.2, 0.25) is 0 Å². The van der Waals surface area contributed by atoms with Gasteiger partial charge < -0.3 is 17.0 Å². The van der Waals surface area contributed by atoms with Crippen LogP contribution >= 0.6 is 0 Å². The third kappa shape index (κ3) is 4.86. The zero-order valence-corrected chi connectivity index (χ0v) is 6.93. The first kappa shape index (κ1) is 10.9. The number of halogens is 1. The minimum Gasteiger partial charge on any atom is -1.00 e. The van der Waals surface area contributed by atoms with Gasteiger partial charge in [-0.1, -0.05) is 25.7 Å². The average molecular weight is 204 g/mol. The predicted molar refractivity (Wildman–Crippen MR) is 22.8 cm³/mol. The minimum atomic E-state index is 0. The summed E-state index contributed by atoms with van der Waals surface area (Å²) < 4.78 is 0. The summed E-state index contributed by atoms with van der Waals surface area (Å²) >= 11 is 0. The topological polar surface area (TPSA) is 0 Å². The Morgan fingerprint density at radius 1 is 1.00 bits per heavy atom. The van der Waals surface area contributed by atoms with Gasteiger partial charge in [0.1, 0.15) is 0 Å². The maximum absolute atomic E-state index is 2.36. The van der Waals surface area contributed by atoms with E-state index < -0.39 is 0 Å². The fraction of sp³-hybridized carbons (Fsp3) is 0.800. The van der Waals surface area contributed by atoms with Gasteiger partial charge in [-0.3, -0.25) is 0 Å². The van der Waals surface area contributed by atoms with E-state index in [2.05, 4.69) is 6.42 Å². The van der Waals surface area contributed by atoms with E-state index in [0.29, 0.717) is 0 Å². The normalized spacial score (nSPS) is 17.1. The summed E-state index contributed by atoms with van der Waals surface area (Å²) in [7, 11) is 0. The molecule has 0 unspecified atom stereocenters. The molecule has 7 heavy (non-hydrogen) atoms. The van der Waals surface area contributed by atoms with Crippen LogP contribution in [0.4, 0.5) is 0 Å². The van der Waals surface area contributed by atoms with Crippen molar-refractivity contribution in [1.82, 2.24) is 0 Å². The molecule has 0 atom stereocenters. The van der Waals surface area contributed by atoms with E-state index in [0.717, 1.165) is 0 Å². The molecule has 1 fully saturated rings. The van der Waals surface area contributed by atoms with E-state index in [9.17, 15) is 0 Å². The van der Waals surface area contributed by atoms with Crippen molar-refractivity contribution in [3.05, 3.63) is 6.42 Å². The Morgan fingerprint density at radius 2 is 1.43 bits per heavy atom. The zero-order valence-electron chi connectivity index (χ0n) is 4.16. The Hall–Kier alpha value is 0.999. The van der Waals surface area contributed by atoms with Crippen molar-refractivity contribution in [2.75, 3.05) is 0 Å². The van der Waals surface area contributed by atoms with Crippen molar-refractivity contribution >= 4 is 0 Å². The van der Waals surface area contributed by atoms with Crippen LogP contribution in [-0.2, 0) is 17.1 Å². The molecule has 0 aromatic heterocycles. The molecule has 1 rings (SSSR count). The van der Waals surface area contributed by atoms with Crippen molar-refractivity contribution < 1.29 is 34.1 Å². The van der Waals surface area contributed by atoms with E-state index in [1.54, 1.807) is 0 Å². The molecule has 0 N–H and O–H groups in total. The standard InChI is InChI=1S/C5H9.BrH.Mn/c1-2-4-5-3-1;;/h1H,2-5H2;1H;/p-1. The van der Waals surface area contributed by atoms with Gasteiger partial charge in [0, 0.05) is 17.1 Å². The summed E-state index contributed by atoms with van der Waals surface area (Å²) in [6.07, 6.45) is 8.00. The molecule has 1 saturated carbocycles. The molecule has 0 heterocycles. The van der Waals surface area contributed by atoms with Gasteiger partial charge in [0.2, 0.25) is 0 Å². The number of hydrogen-bond acceptors (Lipinski definition) is 0. The molecule has 1 aliphatic rings. The second-order valence-electron chi connectivity index (χ2n) is 1.57. The smallest absolute Gasteiger partial charge is 0 e. The second-order valence-corrected chi connectivity index (χ2v) is 1.57. The molecule has 0 aromatic carbocycles. The molecule has 0 aromatic rings. The molecule has 1 aliphatic carbocycles. The van der Waals surface area contributed by atoms with Crippen LogP contribution in [-0.4, -0.2) is 0 Å². The van der Waals surface area contributed by atoms with Crippen molar-refractivity contribution in [2.45, 2.75) is 25.7 Å². The molecule has 2 heteroatoms. The van der Waals surface area contributed by atoms with Crippen LogP contribution in [0.3, 0.4) is 0 Å². The van der Waals surface area contributed by atoms with Gasteiger partial charge in [0.05, 0.1) is 0 Å². The fourth-order valence-electron chi connectivity index (χ4n) is 0.722. The summed E-state index contributed by atoms with van der Waals surface area (Å²) in [5.41, 5.74) is 0. The zero-order chi connectivity index (χ0) is 3.54. The summed E-state index contributed by atoms with van der Waals surface area (Å²) in [5.74, 6) is 0. The minimum absolute atomic E-state index is 0. The van der Waals surface area contributed by atoms with Crippen LogP contribution < -0.4 is 17.0 Å². The fourth-order valence-corrected chi connectivity index (χ4v) is 0.722. The summed E-state index contributed by atoms with van der Waals surface area (Å²) in [5, 5.41) is 0. The van der Waals surface area contributed by atoms with Crippen molar-refractivity contribution in [3.63, 3.8) is 0 Å². The molecule has 2 radical (unpaired) electrons. The Labute approximate surface area is 66.3 Å². The van der Waals surface area contributed by atoms with E-state index in [1.165, 1.54) is 25.7 Å². The van der Waals surface area contributed by atoms with Gasteiger partial charge in [0.25, 0.3) is 0 Å². The second kappa shape index (κ2) is 7.00. The van der Waals surface area contributed by atoms with E-state index in [1.807, 2.05) is 0 Å². The molecule has 0 saturated heterocycles. The van der Waals surface area contributed by atoms with E-state index in [-0.39, 0.29) is 34.1 Å². The Bertz CT molecular complexity index is 19.7. The largest absolute Gasteiger partial charge is 1.00 e. The van der Waals surface area contributed by atoms with Gasteiger partial charge in [-0.15, -0.1) is 0 Å². The molecule has 0 amide bonds. The Balaban J connectivity index is 0. The number of rotatable bonds is 0. The molecule has 0 spiro atoms. The van der Waals surface area contributed by atoms with Gasteiger partial charge in [-0.05, 0) is 6.42 Å². The van der Waals surface area contributed by atoms with Crippen LogP contribution in [0.15, 0.2) is 0 Å². The molecule has 0 aliphatic heterocycles. The SMILES string of the molecule is [Br-].[CH]1CCCC1.[Mn]. The molecule has 0 nitrogen and oxygen atoms in total. The molecule has 0 bridgehead atoms. The predicted octanol–water partition coefficient (Wildman–Crippen LogP) is -1.23. The van der Waals surface area contributed by atoms with Crippen molar-refractivity contribution in [1.29, 1.82) is 0 Å². The van der Waals surface area contributed by atoms with Gasteiger partial charge in [-0.2, -0.15) is 0 Å². The maximum atomic E-state index is 2.36. The number of hydrogen-bond donors (Lipinski definition) is 0. The van der Waals surface area contributed by atoms with E-state index >= 15 is 0 Å². The first-order valence-electron chi connectivity index (χ1n) is 2.32. The van der Waals surface area contributed by atoms with Crippen LogP contribution in [0.1, 0.15) is 25.7 Å². The van der Waals surface area contributed by atoms with E-state index in [4.69, 9.17) is 0 Å². The first-order valence-corrected chi connectivity index (χ1v) is 2.32. The quantitative estimate of drug-likeness (QED) is 0.433. The van der Waals surface area contributed by atoms with Crippen molar-refractivity contribution in [2.24, 2.45) is 0 Å². The maximum Gasteiger partial charge on any atom is 0 e. The van der Waals surface area contributed by atoms with Crippen LogP contribution in [0, 0.1) is 6.42 Å². The van der Waals surface area contributed by atoms with Gasteiger partial charge in [0.15, 0.2) is 0 Å². The van der Waals surface area contributed by atoms with Gasteiger partial charge >= 0.3 is 0 Å². The van der Waals surface area contributed by atoms with Crippen LogP contribution in [0.5, 0.6) is 0 Å². The molecule has 44 valence electrons. The monoisotopic (exact) mass is 203 g/mol. The Morgan fingerprint density at radius 3 is 1.57 bits per heavy atom. The van der Waals surface area contributed by atoms with Crippen molar-refractivity contribution in [3.8, 4) is 0 Å². The third-order valence-corrected chi connectivity index (χ3v) is 1.07. The van der Waals surface area contributed by atoms with Gasteiger partial charge in [-0.25, -0.2) is 0 Å². The summed E-state index contributed by atoms with van der Waals surface area (Å²) in [6.45, 7) is 0. The average Bonchev–Trinajstić information content (AvgIpc) is 1.76. The first-order chi connectivity index (χ1) is 2.50. The molecular weight excluding hydrogens is 195 g/mol. The molecular formula is C5H9BrMn-. The third-order valence-electron chi connectivity index (χ3n) is 1.07. The summed E-state index contributed by atoms with van der Waals surface area (Å²) in [6, 6.07) is 0. The van der Waals surface area contributed by atoms with Crippen LogP contribution in [0.25, 0.3) is 0 Å². The Kier molecular flexibility index (Phi) is 10.9.